The number of thioether (sulfide) groups is 1. The molecule has 2 aromatic rings. The predicted molar refractivity (Wildman–Crippen MR) is 98.3 cm³/mol. The Morgan fingerprint density at radius 2 is 1.96 bits per heavy atom. The van der Waals surface area contributed by atoms with Crippen molar-refractivity contribution in [2.75, 3.05) is 5.32 Å². The minimum atomic E-state index is -0.355. The van der Waals surface area contributed by atoms with Crippen LogP contribution in [0.2, 0.25) is 0 Å². The van der Waals surface area contributed by atoms with Crippen molar-refractivity contribution in [2.24, 2.45) is 0 Å². The lowest BCUT2D eigenvalue weighted by Crippen LogP contribution is -2.22. The topological polar surface area (TPSA) is 65.8 Å². The van der Waals surface area contributed by atoms with Gasteiger partial charge in [-0.1, -0.05) is 23.9 Å². The van der Waals surface area contributed by atoms with Gasteiger partial charge in [-0.2, -0.15) is 5.26 Å². The quantitative estimate of drug-likeness (QED) is 0.843. The molecule has 1 heterocycles. The van der Waals surface area contributed by atoms with Gasteiger partial charge in [0, 0.05) is 11.4 Å². The van der Waals surface area contributed by atoms with Gasteiger partial charge < -0.3 is 5.32 Å². The Balaban J connectivity index is 2.19. The normalized spacial score (nSPS) is 11.7. The van der Waals surface area contributed by atoms with Gasteiger partial charge in [0.15, 0.2) is 0 Å². The number of aryl methyl sites for hydroxylation is 2. The number of nitrogens with one attached hydrogen (secondary N) is 1. The minimum Gasteiger partial charge on any atom is -0.325 e. The van der Waals surface area contributed by atoms with Gasteiger partial charge in [-0.15, -0.1) is 0 Å². The molecule has 2 rings (SSSR count). The Bertz CT molecular complexity index is 824. The van der Waals surface area contributed by atoms with Crippen molar-refractivity contribution in [1.82, 2.24) is 4.98 Å². The number of anilines is 1. The first kappa shape index (κ1) is 18.0. The number of benzene rings is 1. The maximum absolute atomic E-state index is 12.4. The maximum Gasteiger partial charge on any atom is 0.237 e. The highest BCUT2D eigenvalue weighted by Gasteiger charge is 2.20. The smallest absolute Gasteiger partial charge is 0.237 e. The average Bonchev–Trinajstić information content (AvgIpc) is 2.53. The fourth-order valence-electron chi connectivity index (χ4n) is 2.32. The van der Waals surface area contributed by atoms with Crippen molar-refractivity contribution >= 4 is 23.4 Å². The first-order chi connectivity index (χ1) is 11.3. The Kier molecular flexibility index (Phi) is 5.63. The maximum atomic E-state index is 12.4. The lowest BCUT2D eigenvalue weighted by Gasteiger charge is -2.15. The third kappa shape index (κ3) is 3.95. The summed E-state index contributed by atoms with van der Waals surface area (Å²) >= 11 is 1.32. The molecule has 1 aromatic carbocycles. The first-order valence-corrected chi connectivity index (χ1v) is 8.63. The van der Waals surface area contributed by atoms with Crippen LogP contribution in [0.3, 0.4) is 0 Å². The average molecular weight is 339 g/mol. The standard InChI is InChI=1S/C19H21N3OS/c1-11-7-6-8-16(9-11)22-18(23)15(5)24-19-17(10-20)13(3)12(2)14(4)21-19/h6-9,15H,1-5H3,(H,22,23)/t15-/m0/s1. The second-order valence-electron chi connectivity index (χ2n) is 5.86. The van der Waals surface area contributed by atoms with Crippen molar-refractivity contribution in [2.45, 2.75) is 44.9 Å². The molecule has 0 unspecified atom stereocenters. The van der Waals surface area contributed by atoms with E-state index in [2.05, 4.69) is 16.4 Å². The number of hydrogen-bond acceptors (Lipinski definition) is 4. The van der Waals surface area contributed by atoms with Gasteiger partial charge in [0.2, 0.25) is 5.91 Å². The summed E-state index contributed by atoms with van der Waals surface area (Å²) in [6.07, 6.45) is 0. The van der Waals surface area contributed by atoms with E-state index in [1.54, 1.807) is 0 Å². The number of carbonyl (C=O) groups excluding carboxylic acids is 1. The van der Waals surface area contributed by atoms with Gasteiger partial charge >= 0.3 is 0 Å². The molecule has 0 aliphatic carbocycles. The van der Waals surface area contributed by atoms with Crippen LogP contribution >= 0.6 is 11.8 Å². The van der Waals surface area contributed by atoms with Crippen LogP contribution in [0, 0.1) is 39.0 Å². The fraction of sp³-hybridized carbons (Fsp3) is 0.316. The number of pyridine rings is 1. The molecule has 124 valence electrons. The van der Waals surface area contributed by atoms with Crippen LogP contribution in [-0.4, -0.2) is 16.1 Å². The van der Waals surface area contributed by atoms with E-state index >= 15 is 0 Å². The van der Waals surface area contributed by atoms with Crippen LogP contribution in [0.1, 0.15) is 34.9 Å². The highest BCUT2D eigenvalue weighted by Crippen LogP contribution is 2.29. The molecule has 1 N–H and O–H groups in total. The molecule has 0 fully saturated rings. The van der Waals surface area contributed by atoms with Crippen LogP contribution in [0.15, 0.2) is 29.3 Å². The number of rotatable bonds is 4. The minimum absolute atomic E-state index is 0.104. The molecule has 1 amide bonds. The molecule has 1 aromatic heterocycles. The number of hydrogen-bond donors (Lipinski definition) is 1. The monoisotopic (exact) mass is 339 g/mol. The second kappa shape index (κ2) is 7.50. The van der Waals surface area contributed by atoms with E-state index in [4.69, 9.17) is 0 Å². The molecule has 5 heteroatoms. The molecule has 0 saturated carbocycles. The Hall–Kier alpha value is -2.32. The van der Waals surface area contributed by atoms with E-state index in [0.717, 1.165) is 28.1 Å². The van der Waals surface area contributed by atoms with Crippen LogP contribution in [0.25, 0.3) is 0 Å². The third-order valence-corrected chi connectivity index (χ3v) is 5.10. The molecule has 0 aliphatic heterocycles. The summed E-state index contributed by atoms with van der Waals surface area (Å²) < 4.78 is 0. The molecule has 0 bridgehead atoms. The van der Waals surface area contributed by atoms with Crippen molar-refractivity contribution in [3.63, 3.8) is 0 Å². The highest BCUT2D eigenvalue weighted by atomic mass is 32.2. The van der Waals surface area contributed by atoms with Crippen LogP contribution in [0.5, 0.6) is 0 Å². The number of carbonyl (C=O) groups is 1. The Morgan fingerprint density at radius 1 is 1.25 bits per heavy atom. The van der Waals surface area contributed by atoms with Gasteiger partial charge in [-0.3, -0.25) is 4.79 Å². The van der Waals surface area contributed by atoms with Crippen molar-refractivity contribution < 1.29 is 4.79 Å². The van der Waals surface area contributed by atoms with Crippen molar-refractivity contribution in [1.29, 1.82) is 5.26 Å². The highest BCUT2D eigenvalue weighted by molar-refractivity contribution is 8.00. The lowest BCUT2D eigenvalue weighted by molar-refractivity contribution is -0.115. The summed E-state index contributed by atoms with van der Waals surface area (Å²) in [5, 5.41) is 12.6. The van der Waals surface area contributed by atoms with Crippen molar-refractivity contribution in [3.05, 3.63) is 52.2 Å². The molecule has 0 saturated heterocycles. The van der Waals surface area contributed by atoms with E-state index in [-0.39, 0.29) is 11.2 Å². The Morgan fingerprint density at radius 3 is 2.58 bits per heavy atom. The first-order valence-electron chi connectivity index (χ1n) is 7.75. The number of nitrogens with zero attached hydrogens (tertiary/aromatic N) is 2. The number of aromatic nitrogens is 1. The van der Waals surface area contributed by atoms with Crippen LogP contribution in [0.4, 0.5) is 5.69 Å². The van der Waals surface area contributed by atoms with Gasteiger partial charge in [-0.05, 0) is 63.4 Å². The molecule has 1 atom stereocenters. The number of nitriles is 1. The predicted octanol–water partition coefficient (Wildman–Crippen LogP) is 4.31. The zero-order valence-corrected chi connectivity index (χ0v) is 15.4. The van der Waals surface area contributed by atoms with Crippen LogP contribution in [-0.2, 0) is 4.79 Å². The summed E-state index contributed by atoms with van der Waals surface area (Å²) in [7, 11) is 0. The SMILES string of the molecule is Cc1cccc(NC(=O)[C@H](C)Sc2nc(C)c(C)c(C)c2C#N)c1. The van der Waals surface area contributed by atoms with E-state index in [1.165, 1.54) is 11.8 Å². The van der Waals surface area contributed by atoms with E-state index < -0.39 is 0 Å². The Labute approximate surface area is 147 Å². The molecular weight excluding hydrogens is 318 g/mol. The van der Waals surface area contributed by atoms with Gasteiger partial charge in [0.1, 0.15) is 11.1 Å². The molecule has 0 spiro atoms. The summed E-state index contributed by atoms with van der Waals surface area (Å²) in [5.74, 6) is -0.104. The van der Waals surface area contributed by atoms with Crippen LogP contribution < -0.4 is 5.32 Å². The summed E-state index contributed by atoms with van der Waals surface area (Å²) in [4.78, 5) is 16.9. The molecule has 0 radical (unpaired) electrons. The molecular formula is C19H21N3OS. The zero-order valence-electron chi connectivity index (χ0n) is 14.6. The lowest BCUT2D eigenvalue weighted by atomic mass is 10.1. The fourth-order valence-corrected chi connectivity index (χ4v) is 3.32. The van der Waals surface area contributed by atoms with E-state index in [0.29, 0.717) is 10.6 Å². The van der Waals surface area contributed by atoms with Gasteiger partial charge in [-0.25, -0.2) is 4.98 Å². The van der Waals surface area contributed by atoms with Gasteiger partial charge in [0.25, 0.3) is 0 Å². The zero-order chi connectivity index (χ0) is 17.9. The van der Waals surface area contributed by atoms with E-state index in [9.17, 15) is 10.1 Å². The second-order valence-corrected chi connectivity index (χ2v) is 7.19. The summed E-state index contributed by atoms with van der Waals surface area (Å²) in [5.41, 5.74) is 5.26. The van der Waals surface area contributed by atoms with Gasteiger partial charge in [0.05, 0.1) is 10.8 Å². The molecule has 24 heavy (non-hydrogen) atoms. The third-order valence-electron chi connectivity index (χ3n) is 4.02. The molecule has 4 nitrogen and oxygen atoms in total. The number of amides is 1. The summed E-state index contributed by atoms with van der Waals surface area (Å²) in [6.45, 7) is 9.61. The van der Waals surface area contributed by atoms with E-state index in [1.807, 2.05) is 58.9 Å². The van der Waals surface area contributed by atoms with Crippen molar-refractivity contribution in [3.8, 4) is 6.07 Å². The molecule has 0 aliphatic rings. The largest absolute Gasteiger partial charge is 0.325 e. The summed E-state index contributed by atoms with van der Waals surface area (Å²) in [6, 6.07) is 9.89.